The van der Waals surface area contributed by atoms with Crippen molar-refractivity contribution in [3.05, 3.63) is 71.8 Å². The van der Waals surface area contributed by atoms with E-state index < -0.39 is 0 Å². The van der Waals surface area contributed by atoms with Crippen LogP contribution in [0.25, 0.3) is 0 Å². The van der Waals surface area contributed by atoms with Crippen LogP contribution in [0.2, 0.25) is 0 Å². The molecule has 0 aliphatic carbocycles. The molecule has 0 N–H and O–H groups in total. The highest BCUT2D eigenvalue weighted by Crippen LogP contribution is 2.16. The van der Waals surface area contributed by atoms with E-state index in [-0.39, 0.29) is 12.1 Å². The lowest BCUT2D eigenvalue weighted by molar-refractivity contribution is -0.102. The Hall–Kier alpha value is -2.17. The third kappa shape index (κ3) is 3.93. The zero-order valence-electron chi connectivity index (χ0n) is 12.4. The molecule has 2 aromatic rings. The second kappa shape index (κ2) is 7.20. The molecule has 0 spiro atoms. The van der Waals surface area contributed by atoms with Gasteiger partial charge in [0.1, 0.15) is 0 Å². The number of hydrogen-bond donors (Lipinski definition) is 0. The summed E-state index contributed by atoms with van der Waals surface area (Å²) in [4.78, 5) is 17.4. The predicted molar refractivity (Wildman–Crippen MR) is 83.1 cm³/mol. The van der Waals surface area contributed by atoms with Crippen molar-refractivity contribution < 1.29 is 14.4 Å². The molecule has 0 aromatic heterocycles. The first-order valence-electron chi connectivity index (χ1n) is 7.49. The normalized spacial score (nSPS) is 18.3. The fourth-order valence-electron chi connectivity index (χ4n) is 2.45. The highest BCUT2D eigenvalue weighted by molar-refractivity contribution is 5.89. The fourth-order valence-corrected chi connectivity index (χ4v) is 2.45. The lowest BCUT2D eigenvalue weighted by Crippen LogP contribution is -2.27. The predicted octanol–water partition coefficient (Wildman–Crippen LogP) is 3.05. The van der Waals surface area contributed by atoms with Crippen LogP contribution in [0.3, 0.4) is 0 Å². The van der Waals surface area contributed by atoms with Gasteiger partial charge in [0.2, 0.25) is 0 Å². The second-order valence-corrected chi connectivity index (χ2v) is 5.34. The van der Waals surface area contributed by atoms with Gasteiger partial charge in [-0.2, -0.15) is 0 Å². The number of rotatable bonds is 5. The number of ether oxygens (including phenoxy) is 1. The number of carbonyl (C=O) groups excluding carboxylic acids is 1. The number of benzene rings is 2. The van der Waals surface area contributed by atoms with Gasteiger partial charge in [0, 0.05) is 6.54 Å². The van der Waals surface area contributed by atoms with Crippen molar-refractivity contribution in [1.29, 1.82) is 0 Å². The molecule has 1 unspecified atom stereocenters. The van der Waals surface area contributed by atoms with Gasteiger partial charge in [-0.05, 0) is 24.1 Å². The Labute approximate surface area is 130 Å². The van der Waals surface area contributed by atoms with Crippen LogP contribution in [0, 0.1) is 0 Å². The van der Waals surface area contributed by atoms with E-state index >= 15 is 0 Å². The molecule has 1 atom stereocenters. The molecule has 114 valence electrons. The summed E-state index contributed by atoms with van der Waals surface area (Å²) in [5, 5.41) is 1.69. The average Bonchev–Trinajstić information content (AvgIpc) is 3.02. The highest BCUT2D eigenvalue weighted by Gasteiger charge is 2.26. The number of carbonyl (C=O) groups is 1. The van der Waals surface area contributed by atoms with Crippen molar-refractivity contribution in [3.63, 3.8) is 0 Å². The molecule has 0 bridgehead atoms. The van der Waals surface area contributed by atoms with Crippen LogP contribution in [-0.2, 0) is 16.2 Å². The summed E-state index contributed by atoms with van der Waals surface area (Å²) >= 11 is 0. The monoisotopic (exact) mass is 297 g/mol. The van der Waals surface area contributed by atoms with E-state index in [4.69, 9.17) is 9.57 Å². The van der Waals surface area contributed by atoms with Crippen LogP contribution in [0.15, 0.2) is 60.7 Å². The van der Waals surface area contributed by atoms with E-state index in [0.717, 1.165) is 12.0 Å². The zero-order valence-corrected chi connectivity index (χ0v) is 12.4. The van der Waals surface area contributed by atoms with Gasteiger partial charge in [-0.25, -0.2) is 4.79 Å². The number of hydrogen-bond acceptors (Lipinski definition) is 4. The van der Waals surface area contributed by atoms with Crippen molar-refractivity contribution in [2.45, 2.75) is 19.1 Å². The molecule has 4 heteroatoms. The van der Waals surface area contributed by atoms with E-state index in [9.17, 15) is 4.79 Å². The summed E-state index contributed by atoms with van der Waals surface area (Å²) in [5.74, 6) is -0.315. The molecule has 3 rings (SSSR count). The minimum atomic E-state index is -0.315. The molecule has 0 amide bonds. The number of hydroxylamine groups is 2. The first kappa shape index (κ1) is 14.8. The Morgan fingerprint density at radius 2 is 1.73 bits per heavy atom. The van der Waals surface area contributed by atoms with Gasteiger partial charge >= 0.3 is 5.97 Å². The second-order valence-electron chi connectivity index (χ2n) is 5.34. The SMILES string of the molecule is O=C(ON1CCC(OCc2ccccc2)C1)c1ccccc1. The Bertz CT molecular complexity index is 600. The Kier molecular flexibility index (Phi) is 4.83. The average molecular weight is 297 g/mol. The topological polar surface area (TPSA) is 38.8 Å². The Balaban J connectivity index is 1.45. The Morgan fingerprint density at radius 3 is 2.45 bits per heavy atom. The molecular weight excluding hydrogens is 278 g/mol. The standard InChI is InChI=1S/C18H19NO3/c20-18(16-9-5-2-6-10-16)22-19-12-11-17(13-19)21-14-15-7-3-1-4-8-15/h1-10,17H,11-14H2. The third-order valence-corrected chi connectivity index (χ3v) is 3.66. The van der Waals surface area contributed by atoms with E-state index in [0.29, 0.717) is 25.3 Å². The van der Waals surface area contributed by atoms with Gasteiger partial charge in [0.25, 0.3) is 0 Å². The summed E-state index contributed by atoms with van der Waals surface area (Å²) in [6.45, 7) is 1.91. The summed E-state index contributed by atoms with van der Waals surface area (Å²) in [5.41, 5.74) is 1.72. The van der Waals surface area contributed by atoms with Gasteiger partial charge < -0.3 is 9.57 Å². The van der Waals surface area contributed by atoms with Crippen molar-refractivity contribution in [3.8, 4) is 0 Å². The van der Waals surface area contributed by atoms with Gasteiger partial charge in [-0.3, -0.25) is 0 Å². The van der Waals surface area contributed by atoms with Crippen LogP contribution in [-0.4, -0.2) is 30.2 Å². The lowest BCUT2D eigenvalue weighted by Gasteiger charge is -2.16. The lowest BCUT2D eigenvalue weighted by atomic mass is 10.2. The van der Waals surface area contributed by atoms with Gasteiger partial charge in [0.05, 0.1) is 24.8 Å². The quantitative estimate of drug-likeness (QED) is 0.850. The van der Waals surface area contributed by atoms with Gasteiger partial charge in [-0.15, -0.1) is 5.06 Å². The zero-order chi connectivity index (χ0) is 15.2. The smallest absolute Gasteiger partial charge is 0.357 e. The molecule has 0 saturated carbocycles. The molecule has 0 radical (unpaired) electrons. The maximum Gasteiger partial charge on any atom is 0.357 e. The fraction of sp³-hybridized carbons (Fsp3) is 0.278. The van der Waals surface area contributed by atoms with Gasteiger partial charge in [-0.1, -0.05) is 48.5 Å². The van der Waals surface area contributed by atoms with Crippen molar-refractivity contribution in [2.24, 2.45) is 0 Å². The number of nitrogens with zero attached hydrogens (tertiary/aromatic N) is 1. The first-order chi connectivity index (χ1) is 10.8. The van der Waals surface area contributed by atoms with Crippen molar-refractivity contribution in [1.82, 2.24) is 5.06 Å². The molecule has 1 saturated heterocycles. The van der Waals surface area contributed by atoms with Crippen LogP contribution in [0.1, 0.15) is 22.3 Å². The van der Waals surface area contributed by atoms with Gasteiger partial charge in [0.15, 0.2) is 0 Å². The summed E-state index contributed by atoms with van der Waals surface area (Å²) in [6.07, 6.45) is 0.971. The van der Waals surface area contributed by atoms with Crippen LogP contribution in [0.4, 0.5) is 0 Å². The van der Waals surface area contributed by atoms with E-state index in [2.05, 4.69) is 0 Å². The summed E-state index contributed by atoms with van der Waals surface area (Å²) < 4.78 is 5.87. The maximum atomic E-state index is 12.0. The molecule has 1 aliphatic rings. The molecule has 1 fully saturated rings. The molecule has 1 heterocycles. The first-order valence-corrected chi connectivity index (χ1v) is 7.49. The molecule has 1 aliphatic heterocycles. The van der Waals surface area contributed by atoms with Crippen molar-refractivity contribution >= 4 is 5.97 Å². The van der Waals surface area contributed by atoms with E-state index in [1.165, 1.54) is 0 Å². The van der Waals surface area contributed by atoms with Crippen LogP contribution >= 0.6 is 0 Å². The molecule has 22 heavy (non-hydrogen) atoms. The highest BCUT2D eigenvalue weighted by atomic mass is 16.7. The van der Waals surface area contributed by atoms with Crippen molar-refractivity contribution in [2.75, 3.05) is 13.1 Å². The molecule has 4 nitrogen and oxygen atoms in total. The maximum absolute atomic E-state index is 12.0. The van der Waals surface area contributed by atoms with Crippen LogP contribution in [0.5, 0.6) is 0 Å². The van der Waals surface area contributed by atoms with E-state index in [1.54, 1.807) is 17.2 Å². The molecular formula is C18H19NO3. The molecule has 2 aromatic carbocycles. The van der Waals surface area contributed by atoms with Crippen LogP contribution < -0.4 is 0 Å². The minimum Gasteiger partial charge on any atom is -0.372 e. The largest absolute Gasteiger partial charge is 0.372 e. The third-order valence-electron chi connectivity index (χ3n) is 3.66. The summed E-state index contributed by atoms with van der Waals surface area (Å²) in [7, 11) is 0. The minimum absolute atomic E-state index is 0.101. The Morgan fingerprint density at radius 1 is 1.05 bits per heavy atom. The summed E-state index contributed by atoms with van der Waals surface area (Å²) in [6, 6.07) is 19.1. The van der Waals surface area contributed by atoms with E-state index in [1.807, 2.05) is 48.5 Å².